The lowest BCUT2D eigenvalue weighted by molar-refractivity contribution is 0.0902. The van der Waals surface area contributed by atoms with E-state index in [1.165, 1.54) is 4.88 Å². The van der Waals surface area contributed by atoms with Gasteiger partial charge >= 0.3 is 0 Å². The Morgan fingerprint density at radius 3 is 2.85 bits per heavy atom. The molecule has 3 rings (SSSR count). The molecule has 0 bridgehead atoms. The standard InChI is InChI=1S/C15H18N2O2S/c1-10-15(20-11(2)17-10)8-16-7-12-9-18-13-5-3-4-6-14(13)19-12/h3-6,12,16H,7-9H2,1-2H3. The van der Waals surface area contributed by atoms with E-state index in [2.05, 4.69) is 17.2 Å². The summed E-state index contributed by atoms with van der Waals surface area (Å²) in [6.07, 6.45) is 0.0548. The van der Waals surface area contributed by atoms with Crippen molar-refractivity contribution in [3.63, 3.8) is 0 Å². The van der Waals surface area contributed by atoms with E-state index >= 15 is 0 Å². The Morgan fingerprint density at radius 1 is 1.30 bits per heavy atom. The summed E-state index contributed by atoms with van der Waals surface area (Å²) in [6.45, 7) is 6.28. The minimum atomic E-state index is 0.0548. The van der Waals surface area contributed by atoms with Gasteiger partial charge < -0.3 is 14.8 Å². The molecular formula is C15H18N2O2S. The summed E-state index contributed by atoms with van der Waals surface area (Å²) < 4.78 is 11.6. The van der Waals surface area contributed by atoms with Crippen LogP contribution >= 0.6 is 11.3 Å². The first-order valence-corrected chi connectivity index (χ1v) is 7.56. The van der Waals surface area contributed by atoms with Crippen LogP contribution in [0.5, 0.6) is 11.5 Å². The van der Waals surface area contributed by atoms with Gasteiger partial charge in [0.15, 0.2) is 11.5 Å². The number of thiazole rings is 1. The van der Waals surface area contributed by atoms with Crippen molar-refractivity contribution in [1.29, 1.82) is 0 Å². The largest absolute Gasteiger partial charge is 0.486 e. The molecule has 1 N–H and O–H groups in total. The zero-order valence-electron chi connectivity index (χ0n) is 11.7. The van der Waals surface area contributed by atoms with Crippen molar-refractivity contribution in [3.05, 3.63) is 39.8 Å². The normalized spacial score (nSPS) is 17.2. The lowest BCUT2D eigenvalue weighted by Crippen LogP contribution is -2.38. The quantitative estimate of drug-likeness (QED) is 0.940. The van der Waals surface area contributed by atoms with Crippen molar-refractivity contribution < 1.29 is 9.47 Å². The van der Waals surface area contributed by atoms with E-state index in [1.54, 1.807) is 11.3 Å². The molecule has 4 nitrogen and oxygen atoms in total. The average molecular weight is 290 g/mol. The topological polar surface area (TPSA) is 43.4 Å². The van der Waals surface area contributed by atoms with Gasteiger partial charge in [0.25, 0.3) is 0 Å². The number of aryl methyl sites for hydroxylation is 2. The molecule has 106 valence electrons. The Balaban J connectivity index is 1.52. The van der Waals surface area contributed by atoms with Crippen LogP contribution in [0, 0.1) is 13.8 Å². The Bertz CT molecular complexity index is 597. The summed E-state index contributed by atoms with van der Waals surface area (Å²) in [7, 11) is 0. The molecule has 1 unspecified atom stereocenters. The number of nitrogens with zero attached hydrogens (tertiary/aromatic N) is 1. The molecular weight excluding hydrogens is 272 g/mol. The lowest BCUT2D eigenvalue weighted by Gasteiger charge is -2.26. The van der Waals surface area contributed by atoms with E-state index in [9.17, 15) is 0 Å². The predicted molar refractivity (Wildman–Crippen MR) is 79.6 cm³/mol. The first-order chi connectivity index (χ1) is 9.72. The highest BCUT2D eigenvalue weighted by Gasteiger charge is 2.20. The van der Waals surface area contributed by atoms with Crippen LogP contribution in [-0.2, 0) is 6.54 Å². The van der Waals surface area contributed by atoms with E-state index in [-0.39, 0.29) is 6.10 Å². The van der Waals surface area contributed by atoms with Crippen molar-refractivity contribution in [2.24, 2.45) is 0 Å². The fraction of sp³-hybridized carbons (Fsp3) is 0.400. The Kier molecular flexibility index (Phi) is 3.89. The van der Waals surface area contributed by atoms with E-state index in [0.717, 1.165) is 35.3 Å². The highest BCUT2D eigenvalue weighted by Crippen LogP contribution is 2.30. The second-order valence-corrected chi connectivity index (χ2v) is 6.16. The van der Waals surface area contributed by atoms with Crippen LogP contribution in [0.1, 0.15) is 15.6 Å². The van der Waals surface area contributed by atoms with E-state index in [1.807, 2.05) is 31.2 Å². The Labute approximate surface area is 122 Å². The van der Waals surface area contributed by atoms with E-state index in [0.29, 0.717) is 6.61 Å². The average Bonchev–Trinajstić information content (AvgIpc) is 2.77. The smallest absolute Gasteiger partial charge is 0.161 e. The summed E-state index contributed by atoms with van der Waals surface area (Å²) >= 11 is 1.74. The number of fused-ring (bicyclic) bond motifs is 1. The van der Waals surface area contributed by atoms with Gasteiger partial charge in [0, 0.05) is 18.0 Å². The molecule has 20 heavy (non-hydrogen) atoms. The number of hydrogen-bond donors (Lipinski definition) is 1. The second-order valence-electron chi connectivity index (χ2n) is 4.87. The SMILES string of the molecule is Cc1nc(C)c(CNCC2COc3ccccc3O2)s1. The summed E-state index contributed by atoms with van der Waals surface area (Å²) in [5.41, 5.74) is 1.12. The van der Waals surface area contributed by atoms with Gasteiger partial charge in [-0.2, -0.15) is 0 Å². The minimum absolute atomic E-state index is 0.0548. The Morgan fingerprint density at radius 2 is 2.10 bits per heavy atom. The van der Waals surface area contributed by atoms with Crippen LogP contribution in [0.4, 0.5) is 0 Å². The van der Waals surface area contributed by atoms with Gasteiger partial charge in [-0.3, -0.25) is 0 Å². The summed E-state index contributed by atoms with van der Waals surface area (Å²) in [5, 5.41) is 4.54. The van der Waals surface area contributed by atoms with Crippen LogP contribution in [-0.4, -0.2) is 24.2 Å². The maximum absolute atomic E-state index is 5.91. The van der Waals surface area contributed by atoms with Crippen LogP contribution in [0.15, 0.2) is 24.3 Å². The van der Waals surface area contributed by atoms with Crippen molar-refractivity contribution >= 4 is 11.3 Å². The molecule has 5 heteroatoms. The fourth-order valence-corrected chi connectivity index (χ4v) is 3.15. The number of aromatic nitrogens is 1. The fourth-order valence-electron chi connectivity index (χ4n) is 2.25. The molecule has 0 fully saturated rings. The first kappa shape index (κ1) is 13.4. The highest BCUT2D eigenvalue weighted by atomic mass is 32.1. The number of ether oxygens (including phenoxy) is 2. The first-order valence-electron chi connectivity index (χ1n) is 6.74. The predicted octanol–water partition coefficient (Wildman–Crippen LogP) is 2.69. The maximum Gasteiger partial charge on any atom is 0.161 e. The summed E-state index contributed by atoms with van der Waals surface area (Å²) in [4.78, 5) is 5.72. The van der Waals surface area contributed by atoms with Gasteiger partial charge in [0.2, 0.25) is 0 Å². The molecule has 0 saturated heterocycles. The van der Waals surface area contributed by atoms with Gasteiger partial charge in [-0.1, -0.05) is 12.1 Å². The third-order valence-corrected chi connectivity index (χ3v) is 4.30. The van der Waals surface area contributed by atoms with Crippen molar-refractivity contribution in [3.8, 4) is 11.5 Å². The molecule has 0 amide bonds. The zero-order chi connectivity index (χ0) is 13.9. The number of hydrogen-bond acceptors (Lipinski definition) is 5. The van der Waals surface area contributed by atoms with Gasteiger partial charge in [0.1, 0.15) is 12.7 Å². The number of nitrogens with one attached hydrogen (secondary N) is 1. The van der Waals surface area contributed by atoms with Crippen molar-refractivity contribution in [2.75, 3.05) is 13.2 Å². The van der Waals surface area contributed by atoms with Crippen LogP contribution < -0.4 is 14.8 Å². The maximum atomic E-state index is 5.91. The van der Waals surface area contributed by atoms with Crippen LogP contribution in [0.3, 0.4) is 0 Å². The molecule has 1 atom stereocenters. The molecule has 0 spiro atoms. The highest BCUT2D eigenvalue weighted by molar-refractivity contribution is 7.11. The molecule has 1 aromatic carbocycles. The van der Waals surface area contributed by atoms with Crippen molar-refractivity contribution in [1.82, 2.24) is 10.3 Å². The van der Waals surface area contributed by atoms with Gasteiger partial charge in [-0.25, -0.2) is 4.98 Å². The second kappa shape index (κ2) is 5.81. The Hall–Kier alpha value is -1.59. The number of para-hydroxylation sites is 2. The van der Waals surface area contributed by atoms with Gasteiger partial charge in [0.05, 0.1) is 10.7 Å². The molecule has 2 aromatic rings. The molecule has 0 radical (unpaired) electrons. The number of benzene rings is 1. The minimum Gasteiger partial charge on any atom is -0.486 e. The third-order valence-electron chi connectivity index (χ3n) is 3.22. The van der Waals surface area contributed by atoms with Gasteiger partial charge in [-0.05, 0) is 26.0 Å². The van der Waals surface area contributed by atoms with Crippen LogP contribution in [0.25, 0.3) is 0 Å². The lowest BCUT2D eigenvalue weighted by atomic mass is 10.2. The summed E-state index contributed by atoms with van der Waals surface area (Å²) in [6, 6.07) is 7.79. The molecule has 1 aromatic heterocycles. The molecule has 1 aliphatic rings. The van der Waals surface area contributed by atoms with Crippen LogP contribution in [0.2, 0.25) is 0 Å². The monoisotopic (exact) mass is 290 g/mol. The van der Waals surface area contributed by atoms with Crippen molar-refractivity contribution in [2.45, 2.75) is 26.5 Å². The number of rotatable bonds is 4. The molecule has 0 aliphatic carbocycles. The zero-order valence-corrected chi connectivity index (χ0v) is 12.5. The molecule has 2 heterocycles. The molecule has 0 saturated carbocycles. The molecule has 1 aliphatic heterocycles. The van der Waals surface area contributed by atoms with E-state index < -0.39 is 0 Å². The summed E-state index contributed by atoms with van der Waals surface area (Å²) in [5.74, 6) is 1.66. The third kappa shape index (κ3) is 2.94. The van der Waals surface area contributed by atoms with Gasteiger partial charge in [-0.15, -0.1) is 11.3 Å². The van der Waals surface area contributed by atoms with E-state index in [4.69, 9.17) is 9.47 Å².